The van der Waals surface area contributed by atoms with Crippen molar-refractivity contribution in [2.24, 2.45) is 0 Å². The van der Waals surface area contributed by atoms with Crippen molar-refractivity contribution >= 4 is 22.5 Å². The molecule has 2 heterocycles. The van der Waals surface area contributed by atoms with Gasteiger partial charge in [0.15, 0.2) is 6.10 Å². The van der Waals surface area contributed by atoms with Crippen LogP contribution in [0.5, 0.6) is 5.75 Å². The van der Waals surface area contributed by atoms with E-state index in [1.165, 1.54) is 0 Å². The maximum atomic E-state index is 12.5. The van der Waals surface area contributed by atoms with Crippen LogP contribution in [0.2, 0.25) is 0 Å². The normalized spacial score (nSPS) is 15.9. The number of nitrogens with zero attached hydrogens (tertiary/aromatic N) is 2. The Morgan fingerprint density at radius 1 is 1.15 bits per heavy atom. The van der Waals surface area contributed by atoms with E-state index in [1.54, 1.807) is 0 Å². The largest absolute Gasteiger partial charge is 0.477 e. The topological polar surface area (TPSA) is 54.5 Å². The zero-order valence-electron chi connectivity index (χ0n) is 15.4. The highest BCUT2D eigenvalue weighted by atomic mass is 16.5. The second-order valence-corrected chi connectivity index (χ2v) is 6.74. The molecular formula is C22H23N3O2. The van der Waals surface area contributed by atoms with Crippen LogP contribution >= 0.6 is 0 Å². The third-order valence-electron chi connectivity index (χ3n) is 4.71. The second kappa shape index (κ2) is 7.66. The number of para-hydroxylation sites is 3. The van der Waals surface area contributed by atoms with Gasteiger partial charge in [-0.05, 0) is 30.7 Å². The van der Waals surface area contributed by atoms with E-state index in [0.29, 0.717) is 19.6 Å². The van der Waals surface area contributed by atoms with E-state index in [2.05, 4.69) is 22.3 Å². The van der Waals surface area contributed by atoms with Crippen LogP contribution in [0.15, 0.2) is 60.7 Å². The summed E-state index contributed by atoms with van der Waals surface area (Å²) in [5, 5.41) is 4.06. The lowest BCUT2D eigenvalue weighted by atomic mass is 10.1. The van der Waals surface area contributed by atoms with Crippen molar-refractivity contribution < 1.29 is 9.53 Å². The molecule has 138 valence electrons. The number of fused-ring (bicyclic) bond motifs is 2. The molecular weight excluding hydrogens is 338 g/mol. The molecule has 1 aromatic heterocycles. The summed E-state index contributed by atoms with van der Waals surface area (Å²) in [6.45, 7) is 3.82. The summed E-state index contributed by atoms with van der Waals surface area (Å²) in [6, 6.07) is 20.1. The summed E-state index contributed by atoms with van der Waals surface area (Å²) >= 11 is 0. The number of pyridine rings is 1. The van der Waals surface area contributed by atoms with Crippen molar-refractivity contribution in [2.45, 2.75) is 26.0 Å². The number of carbonyl (C=O) groups is 1. The van der Waals surface area contributed by atoms with Gasteiger partial charge in [-0.1, -0.05) is 43.3 Å². The predicted molar refractivity (Wildman–Crippen MR) is 107 cm³/mol. The van der Waals surface area contributed by atoms with Gasteiger partial charge in [-0.25, -0.2) is 0 Å². The molecule has 4 rings (SSSR count). The van der Waals surface area contributed by atoms with Crippen LogP contribution in [0.4, 0.5) is 5.69 Å². The maximum absolute atomic E-state index is 12.5. The van der Waals surface area contributed by atoms with Gasteiger partial charge in [-0.2, -0.15) is 0 Å². The first-order valence-corrected chi connectivity index (χ1v) is 9.37. The lowest BCUT2D eigenvalue weighted by Crippen LogP contribution is -2.49. The molecule has 0 saturated heterocycles. The molecule has 1 atom stereocenters. The molecule has 0 fully saturated rings. The van der Waals surface area contributed by atoms with Crippen molar-refractivity contribution in [3.63, 3.8) is 0 Å². The van der Waals surface area contributed by atoms with E-state index in [1.807, 2.05) is 55.5 Å². The number of anilines is 1. The molecule has 1 aliphatic heterocycles. The number of nitrogens with one attached hydrogen (secondary N) is 1. The van der Waals surface area contributed by atoms with E-state index in [4.69, 9.17) is 9.72 Å². The van der Waals surface area contributed by atoms with Crippen molar-refractivity contribution in [1.82, 2.24) is 10.3 Å². The lowest BCUT2D eigenvalue weighted by Gasteiger charge is -2.35. The Morgan fingerprint density at radius 2 is 1.96 bits per heavy atom. The summed E-state index contributed by atoms with van der Waals surface area (Å²) < 4.78 is 5.95. The Balaban J connectivity index is 1.60. The van der Waals surface area contributed by atoms with Crippen LogP contribution in [0, 0.1) is 0 Å². The Labute approximate surface area is 159 Å². The van der Waals surface area contributed by atoms with Crippen LogP contribution in [-0.2, 0) is 11.3 Å². The molecule has 1 amide bonds. The van der Waals surface area contributed by atoms with Gasteiger partial charge in [-0.3, -0.25) is 9.78 Å². The van der Waals surface area contributed by atoms with Crippen molar-refractivity contribution in [2.75, 3.05) is 18.0 Å². The van der Waals surface area contributed by atoms with Gasteiger partial charge in [0.1, 0.15) is 5.75 Å². The first-order chi connectivity index (χ1) is 13.2. The van der Waals surface area contributed by atoms with E-state index in [-0.39, 0.29) is 5.91 Å². The molecule has 1 aliphatic rings. The molecule has 0 spiro atoms. The summed E-state index contributed by atoms with van der Waals surface area (Å²) in [6.07, 6.45) is 0.381. The predicted octanol–water partition coefficient (Wildman–Crippen LogP) is 3.53. The Kier molecular flexibility index (Phi) is 4.92. The molecule has 3 aromatic rings. The fourth-order valence-corrected chi connectivity index (χ4v) is 3.35. The Morgan fingerprint density at radius 3 is 2.85 bits per heavy atom. The van der Waals surface area contributed by atoms with Crippen molar-refractivity contribution in [3.05, 3.63) is 66.4 Å². The first-order valence-electron chi connectivity index (χ1n) is 9.37. The smallest absolute Gasteiger partial charge is 0.262 e. The number of aromatic nitrogens is 1. The van der Waals surface area contributed by atoms with Crippen LogP contribution in [0.25, 0.3) is 10.9 Å². The highest BCUT2D eigenvalue weighted by molar-refractivity contribution is 5.83. The third kappa shape index (κ3) is 3.72. The number of benzene rings is 2. The molecule has 0 saturated carbocycles. The fourth-order valence-electron chi connectivity index (χ4n) is 3.35. The molecule has 0 radical (unpaired) electrons. The van der Waals surface area contributed by atoms with E-state index >= 15 is 0 Å². The highest BCUT2D eigenvalue weighted by Crippen LogP contribution is 2.34. The molecule has 27 heavy (non-hydrogen) atoms. The van der Waals surface area contributed by atoms with Gasteiger partial charge in [-0.15, -0.1) is 0 Å². The zero-order chi connectivity index (χ0) is 18.6. The van der Waals surface area contributed by atoms with Crippen LogP contribution in [0.1, 0.15) is 19.0 Å². The van der Waals surface area contributed by atoms with E-state index in [9.17, 15) is 4.79 Å². The Hall–Kier alpha value is -3.08. The van der Waals surface area contributed by atoms with Gasteiger partial charge < -0.3 is 15.0 Å². The molecule has 2 aromatic carbocycles. The monoisotopic (exact) mass is 361 g/mol. The number of carbonyl (C=O) groups excluding carboxylic acids is 1. The third-order valence-corrected chi connectivity index (χ3v) is 4.71. The van der Waals surface area contributed by atoms with Gasteiger partial charge in [0, 0.05) is 11.9 Å². The average molecular weight is 361 g/mol. The lowest BCUT2D eigenvalue weighted by molar-refractivity contribution is -0.127. The number of rotatable bonds is 5. The minimum atomic E-state index is -0.521. The molecule has 5 nitrogen and oxygen atoms in total. The molecule has 0 bridgehead atoms. The average Bonchev–Trinajstić information content (AvgIpc) is 2.71. The van der Waals surface area contributed by atoms with Gasteiger partial charge in [0.2, 0.25) is 0 Å². The second-order valence-electron chi connectivity index (χ2n) is 6.74. The highest BCUT2D eigenvalue weighted by Gasteiger charge is 2.30. The Bertz CT molecular complexity index is 957. The number of hydrogen-bond acceptors (Lipinski definition) is 4. The van der Waals surface area contributed by atoms with Crippen molar-refractivity contribution in [3.8, 4) is 5.75 Å². The summed E-state index contributed by atoms with van der Waals surface area (Å²) in [4.78, 5) is 19.4. The number of ether oxygens (including phenoxy) is 1. The number of hydrogen-bond donors (Lipinski definition) is 1. The maximum Gasteiger partial charge on any atom is 0.262 e. The molecule has 5 heteroatoms. The standard InChI is InChI=1S/C22H23N3O2/c1-2-13-23-22(26)21-15-25(19-9-5-6-10-20(19)27-21)14-17-12-11-16-7-3-4-8-18(16)24-17/h3-12,21H,2,13-15H2,1H3,(H,23,26)/t21-/m1/s1. The summed E-state index contributed by atoms with van der Waals surface area (Å²) in [7, 11) is 0. The van der Waals surface area contributed by atoms with Crippen LogP contribution < -0.4 is 15.0 Å². The molecule has 1 N–H and O–H groups in total. The minimum absolute atomic E-state index is 0.0668. The fraction of sp³-hybridized carbons (Fsp3) is 0.273. The van der Waals surface area contributed by atoms with Gasteiger partial charge in [0.25, 0.3) is 5.91 Å². The zero-order valence-corrected chi connectivity index (χ0v) is 15.4. The van der Waals surface area contributed by atoms with Gasteiger partial charge >= 0.3 is 0 Å². The van der Waals surface area contributed by atoms with Crippen LogP contribution in [-0.4, -0.2) is 30.1 Å². The minimum Gasteiger partial charge on any atom is -0.477 e. The SMILES string of the molecule is CCCNC(=O)[C@H]1CN(Cc2ccc3ccccc3n2)c2ccccc2O1. The van der Waals surface area contributed by atoms with E-state index < -0.39 is 6.10 Å². The number of amides is 1. The van der Waals surface area contributed by atoms with Crippen molar-refractivity contribution in [1.29, 1.82) is 0 Å². The first kappa shape index (κ1) is 17.3. The van der Waals surface area contributed by atoms with Gasteiger partial charge in [0.05, 0.1) is 30.0 Å². The summed E-state index contributed by atoms with van der Waals surface area (Å²) in [5.41, 5.74) is 2.94. The van der Waals surface area contributed by atoms with Crippen LogP contribution in [0.3, 0.4) is 0 Å². The molecule has 0 unspecified atom stereocenters. The molecule has 0 aliphatic carbocycles. The summed E-state index contributed by atoms with van der Waals surface area (Å²) in [5.74, 6) is 0.670. The van der Waals surface area contributed by atoms with E-state index in [0.717, 1.165) is 34.5 Å². The quantitative estimate of drug-likeness (QED) is 0.755.